The predicted octanol–water partition coefficient (Wildman–Crippen LogP) is 3.76. The van der Waals surface area contributed by atoms with Crippen LogP contribution < -0.4 is 10.6 Å². The Kier molecular flexibility index (Phi) is 5.42. The zero-order valence-corrected chi connectivity index (χ0v) is 17.9. The minimum absolute atomic E-state index is 0.193. The number of nitrogens with one attached hydrogen (secondary N) is 2. The number of anilines is 2. The second-order valence-electron chi connectivity index (χ2n) is 8.88. The first-order chi connectivity index (χ1) is 13.9. The summed E-state index contributed by atoms with van der Waals surface area (Å²) in [4.78, 5) is 21.4. The summed E-state index contributed by atoms with van der Waals surface area (Å²) in [7, 11) is 0. The molecule has 1 saturated carbocycles. The number of piperidine rings is 1. The van der Waals surface area contributed by atoms with E-state index in [-0.39, 0.29) is 17.1 Å². The number of ketones is 1. The molecule has 1 aliphatic heterocycles. The van der Waals surface area contributed by atoms with Gasteiger partial charge in [0.2, 0.25) is 5.95 Å². The summed E-state index contributed by atoms with van der Waals surface area (Å²) in [6.45, 7) is 10.1. The summed E-state index contributed by atoms with van der Waals surface area (Å²) >= 11 is 0. The molecule has 1 saturated heterocycles. The van der Waals surface area contributed by atoms with Crippen molar-refractivity contribution in [1.82, 2.24) is 25.1 Å². The Morgan fingerprint density at radius 1 is 1.38 bits per heavy atom. The fourth-order valence-corrected chi connectivity index (χ4v) is 4.75. The van der Waals surface area contributed by atoms with Gasteiger partial charge in [-0.25, -0.2) is 9.97 Å². The molecule has 2 aromatic rings. The molecule has 3 unspecified atom stereocenters. The van der Waals surface area contributed by atoms with E-state index in [4.69, 9.17) is 4.98 Å². The minimum Gasteiger partial charge on any atom is -0.321 e. The molecule has 7 heteroatoms. The molecule has 0 bridgehead atoms. The van der Waals surface area contributed by atoms with Crippen LogP contribution >= 0.6 is 0 Å². The molecule has 2 N–H and O–H groups in total. The van der Waals surface area contributed by atoms with Crippen molar-refractivity contribution in [1.29, 1.82) is 0 Å². The summed E-state index contributed by atoms with van der Waals surface area (Å²) in [5.41, 5.74) is 2.87. The van der Waals surface area contributed by atoms with Crippen LogP contribution in [0, 0.1) is 18.3 Å². The highest BCUT2D eigenvalue weighted by atomic mass is 16.1. The Bertz CT molecular complexity index is 887. The van der Waals surface area contributed by atoms with Crippen LogP contribution in [-0.4, -0.2) is 38.6 Å². The number of carbonyl (C=O) groups is 1. The van der Waals surface area contributed by atoms with E-state index in [1.807, 2.05) is 18.6 Å². The second-order valence-corrected chi connectivity index (χ2v) is 8.88. The van der Waals surface area contributed by atoms with Crippen molar-refractivity contribution in [3.05, 3.63) is 29.8 Å². The summed E-state index contributed by atoms with van der Waals surface area (Å²) in [5, 5.41) is 11.2. The topological polar surface area (TPSA) is 84.7 Å². The second kappa shape index (κ2) is 7.86. The standard InChI is InChI=1S/C22H32N6O/c1-5-18(19-10-22(19,4)15(3)29)20-14(2)11-24-21(27-20)26-16-12-25-28(13-16)17-6-8-23-9-7-17/h11-13,17-19,23H,5-10H2,1-4H3,(H,24,26,27). The molecular formula is C22H32N6O. The predicted molar refractivity (Wildman–Crippen MR) is 113 cm³/mol. The van der Waals surface area contributed by atoms with Crippen molar-refractivity contribution in [2.45, 2.75) is 65.3 Å². The van der Waals surface area contributed by atoms with Gasteiger partial charge in [0.05, 0.1) is 23.6 Å². The van der Waals surface area contributed by atoms with Crippen molar-refractivity contribution >= 4 is 17.4 Å². The third kappa shape index (κ3) is 3.92. The average molecular weight is 397 g/mol. The third-order valence-electron chi connectivity index (χ3n) is 6.93. The van der Waals surface area contributed by atoms with E-state index in [9.17, 15) is 4.79 Å². The molecule has 156 valence electrons. The van der Waals surface area contributed by atoms with Crippen LogP contribution in [0.4, 0.5) is 11.6 Å². The fourth-order valence-electron chi connectivity index (χ4n) is 4.75. The number of rotatable bonds is 7. The number of Topliss-reactive ketones (excluding diaryl/α,β-unsaturated/α-hetero) is 1. The van der Waals surface area contributed by atoms with Gasteiger partial charge in [-0.2, -0.15) is 5.10 Å². The number of carbonyl (C=O) groups excluding carboxylic acids is 1. The first kappa shape index (κ1) is 20.0. The first-order valence-electron chi connectivity index (χ1n) is 10.8. The lowest BCUT2D eigenvalue weighted by Crippen LogP contribution is -2.29. The van der Waals surface area contributed by atoms with Crippen LogP contribution in [0.3, 0.4) is 0 Å². The Balaban J connectivity index is 1.51. The van der Waals surface area contributed by atoms with Crippen molar-refractivity contribution in [3.63, 3.8) is 0 Å². The van der Waals surface area contributed by atoms with E-state index in [2.05, 4.69) is 46.2 Å². The maximum absolute atomic E-state index is 12.1. The quantitative estimate of drug-likeness (QED) is 0.741. The number of hydrogen-bond donors (Lipinski definition) is 2. The van der Waals surface area contributed by atoms with Crippen LogP contribution in [0.1, 0.15) is 69.7 Å². The van der Waals surface area contributed by atoms with Gasteiger partial charge in [0, 0.05) is 23.7 Å². The highest BCUT2D eigenvalue weighted by Crippen LogP contribution is 2.60. The molecule has 0 radical (unpaired) electrons. The van der Waals surface area contributed by atoms with E-state index in [1.54, 1.807) is 6.92 Å². The number of aryl methyl sites for hydroxylation is 1. The van der Waals surface area contributed by atoms with Gasteiger partial charge in [-0.05, 0) is 64.1 Å². The van der Waals surface area contributed by atoms with E-state index in [0.29, 0.717) is 17.9 Å². The molecule has 2 aromatic heterocycles. The van der Waals surface area contributed by atoms with Gasteiger partial charge in [-0.15, -0.1) is 0 Å². The largest absolute Gasteiger partial charge is 0.321 e. The lowest BCUT2D eigenvalue weighted by Gasteiger charge is -2.22. The molecule has 4 rings (SSSR count). The maximum atomic E-state index is 12.1. The van der Waals surface area contributed by atoms with Crippen LogP contribution in [0.5, 0.6) is 0 Å². The molecule has 29 heavy (non-hydrogen) atoms. The molecule has 0 spiro atoms. The number of aromatic nitrogens is 4. The van der Waals surface area contributed by atoms with Gasteiger partial charge in [0.15, 0.2) is 0 Å². The van der Waals surface area contributed by atoms with Crippen LogP contribution in [0.2, 0.25) is 0 Å². The van der Waals surface area contributed by atoms with Crippen LogP contribution in [-0.2, 0) is 4.79 Å². The molecule has 1 aliphatic carbocycles. The lowest BCUT2D eigenvalue weighted by molar-refractivity contribution is -0.122. The van der Waals surface area contributed by atoms with E-state index >= 15 is 0 Å². The number of nitrogens with zero attached hydrogens (tertiary/aromatic N) is 4. The molecular weight excluding hydrogens is 364 g/mol. The first-order valence-corrected chi connectivity index (χ1v) is 10.8. The van der Waals surface area contributed by atoms with Crippen molar-refractivity contribution in [2.24, 2.45) is 11.3 Å². The molecule has 0 amide bonds. The van der Waals surface area contributed by atoms with E-state index in [1.165, 1.54) is 0 Å². The molecule has 0 aromatic carbocycles. The van der Waals surface area contributed by atoms with Crippen molar-refractivity contribution in [3.8, 4) is 0 Å². The molecule has 3 heterocycles. The van der Waals surface area contributed by atoms with Gasteiger partial charge < -0.3 is 10.6 Å². The van der Waals surface area contributed by atoms with Crippen molar-refractivity contribution in [2.75, 3.05) is 18.4 Å². The summed E-state index contributed by atoms with van der Waals surface area (Å²) < 4.78 is 2.05. The summed E-state index contributed by atoms with van der Waals surface area (Å²) in [6, 6.07) is 0.449. The van der Waals surface area contributed by atoms with E-state index in [0.717, 1.165) is 55.7 Å². The highest BCUT2D eigenvalue weighted by molar-refractivity contribution is 5.85. The monoisotopic (exact) mass is 396 g/mol. The van der Waals surface area contributed by atoms with Gasteiger partial charge in [-0.3, -0.25) is 9.48 Å². The smallest absolute Gasteiger partial charge is 0.227 e. The Morgan fingerprint density at radius 2 is 2.14 bits per heavy atom. The van der Waals surface area contributed by atoms with E-state index < -0.39 is 0 Å². The minimum atomic E-state index is -0.193. The zero-order chi connectivity index (χ0) is 20.6. The molecule has 3 atom stereocenters. The van der Waals surface area contributed by atoms with Gasteiger partial charge in [0.1, 0.15) is 5.78 Å². The lowest BCUT2D eigenvalue weighted by atomic mass is 9.87. The average Bonchev–Trinajstić information content (AvgIpc) is 3.19. The molecule has 2 fully saturated rings. The number of hydrogen-bond acceptors (Lipinski definition) is 6. The third-order valence-corrected chi connectivity index (χ3v) is 6.93. The Morgan fingerprint density at radius 3 is 2.79 bits per heavy atom. The van der Waals surface area contributed by atoms with Gasteiger partial charge in [-0.1, -0.05) is 13.8 Å². The van der Waals surface area contributed by atoms with Gasteiger partial charge >= 0.3 is 0 Å². The van der Waals surface area contributed by atoms with Crippen LogP contribution in [0.25, 0.3) is 0 Å². The normalized spacial score (nSPS) is 25.6. The summed E-state index contributed by atoms with van der Waals surface area (Å²) in [6.07, 6.45) is 9.90. The highest BCUT2D eigenvalue weighted by Gasteiger charge is 2.57. The fraction of sp³-hybridized carbons (Fsp3) is 0.636. The van der Waals surface area contributed by atoms with Crippen molar-refractivity contribution < 1.29 is 4.79 Å². The SMILES string of the molecule is CCC(c1nc(Nc2cnn(C3CCNCC3)c2)ncc1C)C1CC1(C)C(C)=O. The Labute approximate surface area is 172 Å². The van der Waals surface area contributed by atoms with Crippen LogP contribution in [0.15, 0.2) is 18.6 Å². The zero-order valence-electron chi connectivity index (χ0n) is 17.9. The molecule has 7 nitrogen and oxygen atoms in total. The summed E-state index contributed by atoms with van der Waals surface area (Å²) in [5.74, 6) is 1.54. The van der Waals surface area contributed by atoms with Gasteiger partial charge in [0.25, 0.3) is 0 Å². The molecule has 2 aliphatic rings. The Hall–Kier alpha value is -2.28. The maximum Gasteiger partial charge on any atom is 0.227 e.